The third-order valence-corrected chi connectivity index (χ3v) is 4.07. The molecule has 0 atom stereocenters. The molecule has 0 fully saturated rings. The van der Waals surface area contributed by atoms with Crippen molar-refractivity contribution in [1.29, 1.82) is 0 Å². The maximum absolute atomic E-state index is 12.9. The number of anilines is 1. The summed E-state index contributed by atoms with van der Waals surface area (Å²) >= 11 is 0. The van der Waals surface area contributed by atoms with Crippen molar-refractivity contribution in [1.82, 2.24) is 5.32 Å². The SMILES string of the molecule is C#CCNC(=O)c1ccccc1NC(=O)c1c(C)oc2ccc(OC)cc12. The van der Waals surface area contributed by atoms with Crippen LogP contribution in [-0.2, 0) is 0 Å². The van der Waals surface area contributed by atoms with Gasteiger partial charge < -0.3 is 19.8 Å². The third kappa shape index (κ3) is 3.62. The van der Waals surface area contributed by atoms with E-state index in [4.69, 9.17) is 15.6 Å². The largest absolute Gasteiger partial charge is 0.497 e. The van der Waals surface area contributed by atoms with Gasteiger partial charge in [-0.05, 0) is 37.3 Å². The molecule has 3 aromatic rings. The van der Waals surface area contributed by atoms with Gasteiger partial charge in [0, 0.05) is 5.39 Å². The topological polar surface area (TPSA) is 80.6 Å². The van der Waals surface area contributed by atoms with Crippen molar-refractivity contribution in [2.24, 2.45) is 0 Å². The van der Waals surface area contributed by atoms with Gasteiger partial charge >= 0.3 is 0 Å². The number of fused-ring (bicyclic) bond motifs is 1. The molecule has 0 aliphatic heterocycles. The summed E-state index contributed by atoms with van der Waals surface area (Å²) < 4.78 is 10.9. The highest BCUT2D eigenvalue weighted by atomic mass is 16.5. The number of para-hydroxylation sites is 1. The normalized spacial score (nSPS) is 10.3. The molecule has 1 heterocycles. The Balaban J connectivity index is 1.95. The van der Waals surface area contributed by atoms with Crippen LogP contribution in [0.1, 0.15) is 26.5 Å². The summed E-state index contributed by atoms with van der Waals surface area (Å²) in [6, 6.07) is 12.0. The second-order valence-corrected chi connectivity index (χ2v) is 5.78. The van der Waals surface area contributed by atoms with Crippen LogP contribution in [-0.4, -0.2) is 25.5 Å². The van der Waals surface area contributed by atoms with Crippen LogP contribution in [0.2, 0.25) is 0 Å². The van der Waals surface area contributed by atoms with Crippen LogP contribution in [0.5, 0.6) is 5.75 Å². The molecule has 0 aliphatic rings. The highest BCUT2D eigenvalue weighted by Gasteiger charge is 2.20. The number of hydrogen-bond donors (Lipinski definition) is 2. The predicted octanol–water partition coefficient (Wildman–Crippen LogP) is 3.37. The molecule has 0 saturated carbocycles. The first-order valence-electron chi connectivity index (χ1n) is 8.24. The summed E-state index contributed by atoms with van der Waals surface area (Å²) in [7, 11) is 1.55. The number of rotatable bonds is 5. The lowest BCUT2D eigenvalue weighted by molar-refractivity contribution is 0.0959. The Morgan fingerprint density at radius 3 is 2.70 bits per heavy atom. The van der Waals surface area contributed by atoms with Crippen LogP contribution in [0.4, 0.5) is 5.69 Å². The van der Waals surface area contributed by atoms with Crippen LogP contribution >= 0.6 is 0 Å². The first-order chi connectivity index (χ1) is 13.0. The first-order valence-corrected chi connectivity index (χ1v) is 8.24. The number of aryl methyl sites for hydroxylation is 1. The zero-order valence-corrected chi connectivity index (χ0v) is 15.0. The van der Waals surface area contributed by atoms with E-state index in [0.29, 0.717) is 39.3 Å². The second-order valence-electron chi connectivity index (χ2n) is 5.78. The predicted molar refractivity (Wildman–Crippen MR) is 103 cm³/mol. The van der Waals surface area contributed by atoms with Gasteiger partial charge in [0.05, 0.1) is 30.5 Å². The monoisotopic (exact) mass is 362 g/mol. The Hall–Kier alpha value is -3.72. The smallest absolute Gasteiger partial charge is 0.259 e. The maximum Gasteiger partial charge on any atom is 0.259 e. The lowest BCUT2D eigenvalue weighted by Crippen LogP contribution is -2.25. The number of terminal acetylenes is 1. The summed E-state index contributed by atoms with van der Waals surface area (Å²) in [4.78, 5) is 25.2. The molecule has 0 aliphatic carbocycles. The molecule has 136 valence electrons. The van der Waals surface area contributed by atoms with Crippen molar-refractivity contribution in [3.05, 3.63) is 59.4 Å². The number of nitrogens with one attached hydrogen (secondary N) is 2. The number of furan rings is 1. The number of amides is 2. The molecule has 2 aromatic carbocycles. The molecular formula is C21H18N2O4. The number of ether oxygens (including phenoxy) is 1. The van der Waals surface area contributed by atoms with Gasteiger partial charge in [-0.3, -0.25) is 9.59 Å². The number of carbonyl (C=O) groups is 2. The van der Waals surface area contributed by atoms with E-state index in [0.717, 1.165) is 0 Å². The van der Waals surface area contributed by atoms with E-state index in [9.17, 15) is 9.59 Å². The van der Waals surface area contributed by atoms with Gasteiger partial charge in [-0.25, -0.2) is 0 Å². The minimum Gasteiger partial charge on any atom is -0.497 e. The minimum atomic E-state index is -0.378. The van der Waals surface area contributed by atoms with Crippen molar-refractivity contribution >= 4 is 28.5 Å². The molecule has 0 radical (unpaired) electrons. The van der Waals surface area contributed by atoms with Crippen molar-refractivity contribution in [2.45, 2.75) is 6.92 Å². The van der Waals surface area contributed by atoms with E-state index >= 15 is 0 Å². The van der Waals surface area contributed by atoms with Crippen molar-refractivity contribution in [2.75, 3.05) is 19.0 Å². The third-order valence-electron chi connectivity index (χ3n) is 4.07. The Kier molecular flexibility index (Phi) is 5.13. The molecule has 6 nitrogen and oxygen atoms in total. The fourth-order valence-electron chi connectivity index (χ4n) is 2.81. The van der Waals surface area contributed by atoms with Gasteiger partial charge in [0.2, 0.25) is 0 Å². The molecule has 3 rings (SSSR count). The van der Waals surface area contributed by atoms with Crippen molar-refractivity contribution < 1.29 is 18.7 Å². The lowest BCUT2D eigenvalue weighted by Gasteiger charge is -2.10. The Morgan fingerprint density at radius 1 is 1.19 bits per heavy atom. The summed E-state index contributed by atoms with van der Waals surface area (Å²) in [6.07, 6.45) is 5.18. The van der Waals surface area contributed by atoms with Crippen LogP contribution in [0, 0.1) is 19.3 Å². The lowest BCUT2D eigenvalue weighted by atomic mass is 10.1. The van der Waals surface area contributed by atoms with Crippen LogP contribution in [0.25, 0.3) is 11.0 Å². The molecule has 27 heavy (non-hydrogen) atoms. The fourth-order valence-corrected chi connectivity index (χ4v) is 2.81. The Morgan fingerprint density at radius 2 is 1.96 bits per heavy atom. The van der Waals surface area contributed by atoms with Crippen molar-refractivity contribution in [3.63, 3.8) is 0 Å². The van der Waals surface area contributed by atoms with Crippen molar-refractivity contribution in [3.8, 4) is 18.1 Å². The van der Waals surface area contributed by atoms with Gasteiger partial charge in [-0.1, -0.05) is 18.1 Å². The van der Waals surface area contributed by atoms with Gasteiger partial charge in [-0.15, -0.1) is 6.42 Å². The number of hydrogen-bond acceptors (Lipinski definition) is 4. The molecular weight excluding hydrogens is 344 g/mol. The van der Waals surface area contributed by atoms with E-state index in [1.807, 2.05) is 0 Å². The second kappa shape index (κ2) is 7.67. The summed E-state index contributed by atoms with van der Waals surface area (Å²) in [5.74, 6) is 2.70. The minimum absolute atomic E-state index is 0.104. The van der Waals surface area contributed by atoms with Gasteiger partial charge in [-0.2, -0.15) is 0 Å². The van der Waals surface area contributed by atoms with E-state index in [1.165, 1.54) is 0 Å². The van der Waals surface area contributed by atoms with Crippen LogP contribution in [0.3, 0.4) is 0 Å². The molecule has 0 unspecified atom stereocenters. The molecule has 2 amide bonds. The van der Waals surface area contributed by atoms with E-state index < -0.39 is 0 Å². The van der Waals surface area contributed by atoms with Crippen LogP contribution in [0.15, 0.2) is 46.9 Å². The number of benzene rings is 2. The summed E-state index contributed by atoms with van der Waals surface area (Å²) in [6.45, 7) is 1.82. The highest BCUT2D eigenvalue weighted by molar-refractivity contribution is 6.15. The molecule has 0 bridgehead atoms. The maximum atomic E-state index is 12.9. The number of methoxy groups -OCH3 is 1. The standard InChI is InChI=1S/C21H18N2O4/c1-4-11-22-20(24)15-7-5-6-8-17(15)23-21(25)19-13(2)27-18-10-9-14(26-3)12-16(18)19/h1,5-10,12H,11H2,2-3H3,(H,22,24)(H,23,25). The van der Waals surface area contributed by atoms with Gasteiger partial charge in [0.1, 0.15) is 17.1 Å². The quantitative estimate of drug-likeness (QED) is 0.682. The van der Waals surface area contributed by atoms with E-state index in [-0.39, 0.29) is 18.4 Å². The van der Waals surface area contributed by atoms with Gasteiger partial charge in [0.25, 0.3) is 11.8 Å². The molecule has 2 N–H and O–H groups in total. The summed E-state index contributed by atoms with van der Waals surface area (Å²) in [5.41, 5.74) is 1.68. The Labute approximate surface area is 156 Å². The van der Waals surface area contributed by atoms with Gasteiger partial charge in [0.15, 0.2) is 0 Å². The zero-order chi connectivity index (χ0) is 19.4. The van der Waals surface area contributed by atoms with Crippen LogP contribution < -0.4 is 15.4 Å². The average molecular weight is 362 g/mol. The highest BCUT2D eigenvalue weighted by Crippen LogP contribution is 2.30. The Bertz CT molecular complexity index is 1060. The first kappa shape index (κ1) is 18.1. The summed E-state index contributed by atoms with van der Waals surface area (Å²) in [5, 5.41) is 6.02. The molecule has 1 aromatic heterocycles. The fraction of sp³-hybridized carbons (Fsp3) is 0.143. The van der Waals surface area contributed by atoms with E-state index in [2.05, 4.69) is 16.6 Å². The zero-order valence-electron chi connectivity index (χ0n) is 15.0. The molecule has 0 spiro atoms. The average Bonchev–Trinajstić information content (AvgIpc) is 3.01. The number of carbonyl (C=O) groups excluding carboxylic acids is 2. The molecule has 6 heteroatoms. The van der Waals surface area contributed by atoms with E-state index in [1.54, 1.807) is 56.5 Å². The molecule has 0 saturated heterocycles.